The molecule has 0 bridgehead atoms. The molecule has 162 valence electrons. The number of hydrogen-bond acceptors (Lipinski definition) is 4. The van der Waals surface area contributed by atoms with Gasteiger partial charge < -0.3 is 24.6 Å². The molecule has 2 aromatic rings. The van der Waals surface area contributed by atoms with Crippen LogP contribution in [0.2, 0.25) is 0 Å². The molecule has 3 rings (SSSR count). The predicted octanol–water partition coefficient (Wildman–Crippen LogP) is 3.37. The molecule has 1 aliphatic rings. The summed E-state index contributed by atoms with van der Waals surface area (Å²) in [6, 6.07) is 17.1. The lowest BCUT2D eigenvalue weighted by atomic mass is 9.99. The van der Waals surface area contributed by atoms with Crippen molar-refractivity contribution >= 4 is 5.96 Å². The average molecular weight is 411 g/mol. The van der Waals surface area contributed by atoms with E-state index >= 15 is 0 Å². The van der Waals surface area contributed by atoms with Crippen molar-refractivity contribution in [1.82, 2.24) is 15.1 Å². The van der Waals surface area contributed by atoms with E-state index in [1.807, 2.05) is 13.1 Å². The number of likely N-dealkylation sites (N-methyl/N-ethyl adjacent to an activating group) is 1. The van der Waals surface area contributed by atoms with E-state index < -0.39 is 0 Å². The van der Waals surface area contributed by atoms with E-state index in [-0.39, 0.29) is 6.04 Å². The third-order valence-corrected chi connectivity index (χ3v) is 5.84. The van der Waals surface area contributed by atoms with Crippen molar-refractivity contribution in [2.75, 3.05) is 55.0 Å². The first-order valence-corrected chi connectivity index (χ1v) is 10.5. The Hall–Kier alpha value is -2.73. The van der Waals surface area contributed by atoms with Gasteiger partial charge in [0.1, 0.15) is 0 Å². The van der Waals surface area contributed by atoms with Crippen LogP contribution >= 0.6 is 0 Å². The molecule has 1 heterocycles. The van der Waals surface area contributed by atoms with E-state index in [0.717, 1.165) is 43.5 Å². The van der Waals surface area contributed by atoms with Crippen LogP contribution in [-0.4, -0.2) is 70.8 Å². The molecule has 1 saturated heterocycles. The quantitative estimate of drug-likeness (QED) is 0.560. The normalized spacial score (nSPS) is 17.9. The molecule has 0 radical (unpaired) electrons. The zero-order chi connectivity index (χ0) is 21.5. The second kappa shape index (κ2) is 10.3. The van der Waals surface area contributed by atoms with Gasteiger partial charge in [0.15, 0.2) is 17.5 Å². The van der Waals surface area contributed by atoms with E-state index in [1.165, 1.54) is 11.1 Å². The summed E-state index contributed by atoms with van der Waals surface area (Å²) in [5.74, 6) is 3.00. The van der Waals surface area contributed by atoms with Gasteiger partial charge in [-0.1, -0.05) is 36.4 Å². The summed E-state index contributed by atoms with van der Waals surface area (Å²) < 4.78 is 10.9. The molecule has 2 unspecified atom stereocenters. The largest absolute Gasteiger partial charge is 0.493 e. The van der Waals surface area contributed by atoms with Gasteiger partial charge in [0.2, 0.25) is 0 Å². The van der Waals surface area contributed by atoms with E-state index in [2.05, 4.69) is 76.7 Å². The summed E-state index contributed by atoms with van der Waals surface area (Å²) >= 11 is 0. The number of nitrogens with zero attached hydrogens (tertiary/aromatic N) is 3. The second-order valence-electron chi connectivity index (χ2n) is 7.86. The third kappa shape index (κ3) is 5.05. The number of methoxy groups -OCH3 is 2. The van der Waals surface area contributed by atoms with Crippen molar-refractivity contribution in [1.29, 1.82) is 0 Å². The van der Waals surface area contributed by atoms with Crippen LogP contribution < -0.4 is 14.8 Å². The van der Waals surface area contributed by atoms with Gasteiger partial charge in [-0.15, -0.1) is 0 Å². The highest BCUT2D eigenvalue weighted by atomic mass is 16.5. The molecule has 6 heteroatoms. The Morgan fingerprint density at radius 2 is 1.87 bits per heavy atom. The number of benzene rings is 2. The Bertz CT molecular complexity index is 838. The fourth-order valence-corrected chi connectivity index (χ4v) is 4.13. The molecule has 0 aromatic heterocycles. The van der Waals surface area contributed by atoms with Crippen molar-refractivity contribution in [3.63, 3.8) is 0 Å². The minimum absolute atomic E-state index is 0.175. The van der Waals surface area contributed by atoms with Crippen LogP contribution in [0.3, 0.4) is 0 Å². The summed E-state index contributed by atoms with van der Waals surface area (Å²) in [6.07, 6.45) is 1.15. The summed E-state index contributed by atoms with van der Waals surface area (Å²) in [7, 11) is 9.37. The minimum Gasteiger partial charge on any atom is -0.493 e. The van der Waals surface area contributed by atoms with Crippen LogP contribution in [-0.2, 0) is 0 Å². The van der Waals surface area contributed by atoms with Gasteiger partial charge in [0.05, 0.1) is 20.3 Å². The molecular formula is C24H34N4O2. The Morgan fingerprint density at radius 1 is 1.13 bits per heavy atom. The molecule has 1 fully saturated rings. The lowest BCUT2D eigenvalue weighted by Crippen LogP contribution is -2.43. The first-order chi connectivity index (χ1) is 14.6. The molecule has 0 saturated carbocycles. The number of nitrogens with one attached hydrogen (secondary N) is 1. The zero-order valence-electron chi connectivity index (χ0n) is 18.8. The Morgan fingerprint density at radius 3 is 2.50 bits per heavy atom. The Labute approximate surface area is 180 Å². The van der Waals surface area contributed by atoms with Crippen LogP contribution in [0, 0.1) is 0 Å². The molecule has 1 aliphatic heterocycles. The highest BCUT2D eigenvalue weighted by Crippen LogP contribution is 2.31. The van der Waals surface area contributed by atoms with Crippen molar-refractivity contribution in [2.45, 2.75) is 18.4 Å². The smallest absolute Gasteiger partial charge is 0.193 e. The van der Waals surface area contributed by atoms with Gasteiger partial charge in [-0.3, -0.25) is 4.99 Å². The predicted molar refractivity (Wildman–Crippen MR) is 123 cm³/mol. The summed E-state index contributed by atoms with van der Waals surface area (Å²) in [6.45, 7) is 2.76. The van der Waals surface area contributed by atoms with Gasteiger partial charge in [-0.05, 0) is 43.8 Å². The summed E-state index contributed by atoms with van der Waals surface area (Å²) in [5.41, 5.74) is 2.58. The first kappa shape index (κ1) is 22.0. The molecule has 6 nitrogen and oxygen atoms in total. The van der Waals surface area contributed by atoms with Gasteiger partial charge in [0, 0.05) is 32.6 Å². The average Bonchev–Trinajstić information content (AvgIpc) is 3.26. The fourth-order valence-electron chi connectivity index (χ4n) is 4.13. The molecule has 2 atom stereocenters. The summed E-state index contributed by atoms with van der Waals surface area (Å²) in [5, 5.41) is 3.59. The fraction of sp³-hybridized carbons (Fsp3) is 0.458. The topological polar surface area (TPSA) is 49.3 Å². The lowest BCUT2D eigenvalue weighted by molar-refractivity contribution is 0.293. The highest BCUT2D eigenvalue weighted by molar-refractivity contribution is 5.80. The standard InChI is InChI=1S/C24H34N4O2/c1-25-24(28-14-13-20(17-28)18-9-7-6-8-10-18)26-16-21(27(2)3)19-11-12-22(29-4)23(15-19)30-5/h6-12,15,20-21H,13-14,16-17H2,1-5H3,(H,25,26). The molecule has 2 aromatic carbocycles. The number of hydrogen-bond donors (Lipinski definition) is 1. The number of ether oxygens (including phenoxy) is 2. The first-order valence-electron chi connectivity index (χ1n) is 10.5. The van der Waals surface area contributed by atoms with Crippen molar-refractivity contribution in [3.05, 3.63) is 59.7 Å². The molecule has 1 N–H and O–H groups in total. The molecule has 0 amide bonds. The maximum atomic E-state index is 5.49. The van der Waals surface area contributed by atoms with Gasteiger partial charge in [-0.25, -0.2) is 0 Å². The van der Waals surface area contributed by atoms with Gasteiger partial charge in [-0.2, -0.15) is 0 Å². The van der Waals surface area contributed by atoms with Crippen molar-refractivity contribution in [2.24, 2.45) is 4.99 Å². The molecule has 30 heavy (non-hydrogen) atoms. The number of aliphatic imine (C=N–C) groups is 1. The maximum absolute atomic E-state index is 5.49. The molecular weight excluding hydrogens is 376 g/mol. The van der Waals surface area contributed by atoms with Gasteiger partial charge >= 0.3 is 0 Å². The number of rotatable bonds is 7. The van der Waals surface area contributed by atoms with E-state index in [1.54, 1.807) is 14.2 Å². The van der Waals surface area contributed by atoms with E-state index in [0.29, 0.717) is 5.92 Å². The monoisotopic (exact) mass is 410 g/mol. The number of likely N-dealkylation sites (tertiary alicyclic amines) is 1. The summed E-state index contributed by atoms with van der Waals surface area (Å²) in [4.78, 5) is 9.12. The van der Waals surface area contributed by atoms with Crippen LogP contribution in [0.5, 0.6) is 11.5 Å². The van der Waals surface area contributed by atoms with Crippen LogP contribution in [0.25, 0.3) is 0 Å². The van der Waals surface area contributed by atoms with E-state index in [4.69, 9.17) is 9.47 Å². The lowest BCUT2D eigenvalue weighted by Gasteiger charge is -2.29. The minimum atomic E-state index is 0.175. The Balaban J connectivity index is 1.67. The van der Waals surface area contributed by atoms with Crippen molar-refractivity contribution < 1.29 is 9.47 Å². The second-order valence-corrected chi connectivity index (χ2v) is 7.86. The Kier molecular flexibility index (Phi) is 7.57. The highest BCUT2D eigenvalue weighted by Gasteiger charge is 2.26. The third-order valence-electron chi connectivity index (χ3n) is 5.84. The molecule has 0 aliphatic carbocycles. The van der Waals surface area contributed by atoms with E-state index in [9.17, 15) is 0 Å². The van der Waals surface area contributed by atoms with Crippen molar-refractivity contribution in [3.8, 4) is 11.5 Å². The molecule has 0 spiro atoms. The van der Waals surface area contributed by atoms with Crippen LogP contribution in [0.1, 0.15) is 29.5 Å². The van der Waals surface area contributed by atoms with Crippen LogP contribution in [0.4, 0.5) is 0 Å². The number of guanidine groups is 1. The SMILES string of the molecule is CN=C(NCC(c1ccc(OC)c(OC)c1)N(C)C)N1CCC(c2ccccc2)C1. The van der Waals surface area contributed by atoms with Crippen LogP contribution in [0.15, 0.2) is 53.5 Å². The van der Waals surface area contributed by atoms with Gasteiger partial charge in [0.25, 0.3) is 0 Å². The maximum Gasteiger partial charge on any atom is 0.193 e. The zero-order valence-corrected chi connectivity index (χ0v) is 18.8.